The zero-order valence-corrected chi connectivity index (χ0v) is 4.86. The summed E-state index contributed by atoms with van der Waals surface area (Å²) in [5, 5.41) is 31.5. The molecule has 0 heterocycles. The van der Waals surface area contributed by atoms with Crippen LogP contribution in [-0.4, -0.2) is 0 Å². The Morgan fingerprint density at radius 1 is 0.667 bits per heavy atom. The molecule has 0 spiro atoms. The molecule has 44 valence electrons. The van der Waals surface area contributed by atoms with Crippen LogP contribution >= 0.6 is 0 Å². The molecule has 0 aliphatic carbocycles. The average molecular weight is 126 g/mol. The molecule has 0 saturated carbocycles. The van der Waals surface area contributed by atoms with Gasteiger partial charge in [0.1, 0.15) is 0 Å². The first-order chi connectivity index (χ1) is 3.41. The van der Waals surface area contributed by atoms with Gasteiger partial charge >= 0.3 is 37.7 Å². The first kappa shape index (κ1) is 16.5. The van der Waals surface area contributed by atoms with Gasteiger partial charge < -0.3 is 10.5 Å². The van der Waals surface area contributed by atoms with E-state index in [0.717, 1.165) is 0 Å². The zero-order chi connectivity index (χ0) is 5.54. The first-order valence-electron chi connectivity index (χ1n) is 1.00. The molecule has 0 radical (unpaired) electrons. The number of hydrogen-bond acceptors (Lipinski definition) is 7. The second-order valence-electron chi connectivity index (χ2n) is 0.340. The molecular formula is Li2O7. The smallest absolute Gasteiger partial charge is 0.689 e. The summed E-state index contributed by atoms with van der Waals surface area (Å²) < 4.78 is 0. The molecule has 0 amide bonds. The summed E-state index contributed by atoms with van der Waals surface area (Å²) >= 11 is 0. The van der Waals surface area contributed by atoms with Crippen LogP contribution in [-0.2, 0) is 25.2 Å². The average Bonchev–Trinajstić information content (AvgIpc) is 1.69. The fourth-order valence-corrected chi connectivity index (χ4v) is 0.0340. The van der Waals surface area contributed by atoms with Crippen molar-refractivity contribution in [3.05, 3.63) is 0 Å². The fraction of sp³-hybridized carbons (Fsp3) is 0. The Kier molecular flexibility index (Phi) is 29.2. The molecule has 0 N–H and O–H groups in total. The van der Waals surface area contributed by atoms with E-state index in [9.17, 15) is 0 Å². The van der Waals surface area contributed by atoms with Gasteiger partial charge in [-0.15, -0.1) is 0 Å². The van der Waals surface area contributed by atoms with Crippen molar-refractivity contribution in [1.29, 1.82) is 0 Å². The van der Waals surface area contributed by atoms with Crippen LogP contribution in [0.2, 0.25) is 0 Å². The van der Waals surface area contributed by atoms with Crippen LogP contribution < -0.4 is 48.2 Å². The van der Waals surface area contributed by atoms with Crippen molar-refractivity contribution in [2.45, 2.75) is 0 Å². The number of hydrogen-bond donors (Lipinski definition) is 0. The summed E-state index contributed by atoms with van der Waals surface area (Å²) in [5.74, 6) is 0. The molecule has 0 unspecified atom stereocenters. The minimum atomic E-state index is 0. The third-order valence-corrected chi connectivity index (χ3v) is 0.111. The summed E-state index contributed by atoms with van der Waals surface area (Å²) in [6.45, 7) is 0. The second kappa shape index (κ2) is 16.0. The summed E-state index contributed by atoms with van der Waals surface area (Å²) in [7, 11) is 0. The summed E-state index contributed by atoms with van der Waals surface area (Å²) in [5.41, 5.74) is 0. The van der Waals surface area contributed by atoms with E-state index in [-0.39, 0.29) is 37.7 Å². The van der Waals surface area contributed by atoms with E-state index >= 15 is 0 Å². The topological polar surface area (TPSA) is 92.3 Å². The van der Waals surface area contributed by atoms with Gasteiger partial charge in [-0.1, -0.05) is 0 Å². The van der Waals surface area contributed by atoms with Crippen molar-refractivity contribution in [2.75, 3.05) is 0 Å². The van der Waals surface area contributed by atoms with Crippen LogP contribution in [0.15, 0.2) is 0 Å². The summed E-state index contributed by atoms with van der Waals surface area (Å²) in [4.78, 5) is 0. The number of rotatable bonds is 4. The van der Waals surface area contributed by atoms with Crippen LogP contribution in [0.1, 0.15) is 0 Å². The minimum Gasteiger partial charge on any atom is -0.689 e. The Bertz CT molecular complexity index is 26.1. The Morgan fingerprint density at radius 2 is 1.00 bits per heavy atom. The Labute approximate surface area is 73.7 Å². The third kappa shape index (κ3) is 17.6. The molecule has 0 atom stereocenters. The van der Waals surface area contributed by atoms with E-state index < -0.39 is 0 Å². The van der Waals surface area contributed by atoms with Crippen molar-refractivity contribution in [2.24, 2.45) is 0 Å². The molecule has 0 rings (SSSR count). The van der Waals surface area contributed by atoms with Crippen LogP contribution in [0, 0.1) is 0 Å². The van der Waals surface area contributed by atoms with E-state index in [1.807, 2.05) is 0 Å². The first-order valence-corrected chi connectivity index (χ1v) is 1.00. The van der Waals surface area contributed by atoms with Crippen LogP contribution in [0.4, 0.5) is 0 Å². The van der Waals surface area contributed by atoms with Crippen molar-refractivity contribution in [3.63, 3.8) is 0 Å². The van der Waals surface area contributed by atoms with Crippen LogP contribution in [0.25, 0.3) is 0 Å². The van der Waals surface area contributed by atoms with Crippen molar-refractivity contribution >= 4 is 0 Å². The van der Waals surface area contributed by atoms with Crippen molar-refractivity contribution in [3.8, 4) is 0 Å². The standard InChI is InChI=1S/2Li.H2O7/c;;1-3-5-7-6-4-2/h;;1-2H/q2*+1;/p-2. The molecule has 9 heavy (non-hydrogen) atoms. The van der Waals surface area contributed by atoms with Gasteiger partial charge in [0.15, 0.2) is 0 Å². The molecule has 0 aromatic carbocycles. The van der Waals surface area contributed by atoms with Gasteiger partial charge in [0.25, 0.3) is 0 Å². The molecule has 0 aliphatic rings. The molecule has 0 aliphatic heterocycles. The van der Waals surface area contributed by atoms with Gasteiger partial charge in [-0.05, 0) is 15.1 Å². The fourth-order valence-electron chi connectivity index (χ4n) is 0.0340. The maximum absolute atomic E-state index is 8.72. The van der Waals surface area contributed by atoms with E-state index in [0.29, 0.717) is 0 Å². The maximum atomic E-state index is 8.72. The summed E-state index contributed by atoms with van der Waals surface area (Å²) in [6.07, 6.45) is 0. The van der Waals surface area contributed by atoms with E-state index in [1.165, 1.54) is 0 Å². The van der Waals surface area contributed by atoms with Gasteiger partial charge in [-0.25, -0.2) is 0 Å². The van der Waals surface area contributed by atoms with Gasteiger partial charge in [0.05, 0.1) is 0 Å². The molecule has 0 saturated heterocycles. The molecule has 0 aromatic heterocycles. The van der Waals surface area contributed by atoms with Gasteiger partial charge in [-0.3, -0.25) is 10.1 Å². The normalized spacial score (nSPS) is 7.33. The largest absolute Gasteiger partial charge is 1.00 e. The quantitative estimate of drug-likeness (QED) is 0.160. The van der Waals surface area contributed by atoms with Crippen molar-refractivity contribution < 1.29 is 73.4 Å². The molecule has 9 heteroatoms. The minimum absolute atomic E-state index is 0. The van der Waals surface area contributed by atoms with Gasteiger partial charge in [-0.2, -0.15) is 0 Å². The predicted octanol–water partition coefficient (Wildman–Crippen LogP) is -8.71. The molecule has 0 fully saturated rings. The molecule has 7 nitrogen and oxygen atoms in total. The molecule has 0 bridgehead atoms. The molecular weight excluding hydrogens is 126 g/mol. The summed E-state index contributed by atoms with van der Waals surface area (Å²) in [6, 6.07) is 0. The van der Waals surface area contributed by atoms with Crippen LogP contribution in [0.3, 0.4) is 0 Å². The monoisotopic (exact) mass is 126 g/mol. The van der Waals surface area contributed by atoms with Crippen LogP contribution in [0.5, 0.6) is 0 Å². The maximum Gasteiger partial charge on any atom is 1.00 e. The third-order valence-electron chi connectivity index (χ3n) is 0.111. The van der Waals surface area contributed by atoms with E-state index in [1.54, 1.807) is 0 Å². The van der Waals surface area contributed by atoms with Crippen molar-refractivity contribution in [1.82, 2.24) is 0 Å². The predicted molar refractivity (Wildman–Crippen MR) is 5.42 cm³/mol. The Balaban J connectivity index is -0.000000180. The van der Waals surface area contributed by atoms with E-state index in [4.69, 9.17) is 10.5 Å². The Hall–Kier alpha value is 0.915. The van der Waals surface area contributed by atoms with Gasteiger partial charge in [0.2, 0.25) is 0 Å². The molecule has 0 aromatic rings. The Morgan fingerprint density at radius 3 is 1.22 bits per heavy atom. The zero-order valence-electron chi connectivity index (χ0n) is 4.86. The van der Waals surface area contributed by atoms with Gasteiger partial charge in [0, 0.05) is 0 Å². The second-order valence-corrected chi connectivity index (χ2v) is 0.340. The SMILES string of the molecule is [Li+].[Li+].[O-]OOOOO[O-]. The van der Waals surface area contributed by atoms with E-state index in [2.05, 4.69) is 25.2 Å².